The van der Waals surface area contributed by atoms with E-state index in [0.29, 0.717) is 19.4 Å². The fraction of sp³-hybridized carbons (Fsp3) is 0.533. The van der Waals surface area contributed by atoms with Crippen molar-refractivity contribution in [1.82, 2.24) is 10.6 Å². The molecule has 0 bridgehead atoms. The highest BCUT2D eigenvalue weighted by Gasteiger charge is 2.14. The van der Waals surface area contributed by atoms with E-state index in [1.807, 2.05) is 0 Å². The van der Waals surface area contributed by atoms with Gasteiger partial charge in [0.05, 0.1) is 6.61 Å². The van der Waals surface area contributed by atoms with E-state index in [4.69, 9.17) is 4.74 Å². The Labute approximate surface area is 130 Å². The van der Waals surface area contributed by atoms with Crippen molar-refractivity contribution in [2.24, 2.45) is 0 Å². The van der Waals surface area contributed by atoms with E-state index in [9.17, 15) is 9.18 Å². The van der Waals surface area contributed by atoms with Crippen LogP contribution in [-0.2, 0) is 4.79 Å². The second-order valence-corrected chi connectivity index (χ2v) is 4.97. The van der Waals surface area contributed by atoms with Gasteiger partial charge in [-0.2, -0.15) is 0 Å². The molecule has 0 unspecified atom stereocenters. The summed E-state index contributed by atoms with van der Waals surface area (Å²) >= 11 is 0. The Morgan fingerprint density at radius 2 is 2.05 bits per heavy atom. The van der Waals surface area contributed by atoms with E-state index in [1.54, 1.807) is 18.2 Å². The molecule has 2 rings (SSSR count). The standard InChI is InChI=1S/C15H21FN2O2.ClH/c16-13-4-1-2-5-14(13)20-11-3-6-15(19)18-12-7-9-17-10-8-12;/h1-2,4-5,12,17H,3,6-11H2,(H,18,19);1H. The summed E-state index contributed by atoms with van der Waals surface area (Å²) < 4.78 is 18.6. The third-order valence-corrected chi connectivity index (χ3v) is 3.35. The van der Waals surface area contributed by atoms with E-state index in [0.717, 1.165) is 25.9 Å². The molecule has 21 heavy (non-hydrogen) atoms. The van der Waals surface area contributed by atoms with Crippen LogP contribution in [0.15, 0.2) is 24.3 Å². The first kappa shape index (κ1) is 17.7. The average molecular weight is 317 g/mol. The number of nitrogens with one attached hydrogen (secondary N) is 2. The minimum atomic E-state index is -0.369. The van der Waals surface area contributed by atoms with Gasteiger partial charge in [0.1, 0.15) is 0 Å². The van der Waals surface area contributed by atoms with Crippen LogP contribution in [0.2, 0.25) is 0 Å². The Kier molecular flexibility index (Phi) is 8.08. The van der Waals surface area contributed by atoms with Crippen LogP contribution in [0.25, 0.3) is 0 Å². The lowest BCUT2D eigenvalue weighted by Crippen LogP contribution is -2.42. The number of piperidine rings is 1. The number of amides is 1. The van der Waals surface area contributed by atoms with Crippen LogP contribution in [0.5, 0.6) is 5.75 Å². The second-order valence-electron chi connectivity index (χ2n) is 4.97. The lowest BCUT2D eigenvalue weighted by molar-refractivity contribution is -0.122. The van der Waals surface area contributed by atoms with Crippen molar-refractivity contribution in [2.75, 3.05) is 19.7 Å². The van der Waals surface area contributed by atoms with Crippen molar-refractivity contribution in [3.63, 3.8) is 0 Å². The van der Waals surface area contributed by atoms with E-state index in [2.05, 4.69) is 10.6 Å². The summed E-state index contributed by atoms with van der Waals surface area (Å²) in [5, 5.41) is 6.28. The fourth-order valence-corrected chi connectivity index (χ4v) is 2.24. The van der Waals surface area contributed by atoms with Crippen LogP contribution in [0.4, 0.5) is 4.39 Å². The lowest BCUT2D eigenvalue weighted by atomic mass is 10.1. The van der Waals surface area contributed by atoms with Gasteiger partial charge in [0, 0.05) is 12.5 Å². The number of carbonyl (C=O) groups excluding carboxylic acids is 1. The van der Waals surface area contributed by atoms with Gasteiger partial charge in [0.15, 0.2) is 11.6 Å². The number of benzene rings is 1. The Hall–Kier alpha value is -1.33. The number of hydrogen-bond acceptors (Lipinski definition) is 3. The van der Waals surface area contributed by atoms with Crippen molar-refractivity contribution in [3.05, 3.63) is 30.1 Å². The van der Waals surface area contributed by atoms with Gasteiger partial charge in [-0.1, -0.05) is 12.1 Å². The van der Waals surface area contributed by atoms with Gasteiger partial charge in [0.25, 0.3) is 0 Å². The molecule has 1 aliphatic rings. The maximum absolute atomic E-state index is 13.3. The van der Waals surface area contributed by atoms with Gasteiger partial charge < -0.3 is 15.4 Å². The van der Waals surface area contributed by atoms with Crippen molar-refractivity contribution in [2.45, 2.75) is 31.7 Å². The first-order valence-corrected chi connectivity index (χ1v) is 7.13. The van der Waals surface area contributed by atoms with Gasteiger partial charge in [0.2, 0.25) is 5.91 Å². The summed E-state index contributed by atoms with van der Waals surface area (Å²) in [6.07, 6.45) is 2.97. The molecule has 1 aliphatic heterocycles. The van der Waals surface area contributed by atoms with Gasteiger partial charge in [-0.3, -0.25) is 4.79 Å². The van der Waals surface area contributed by atoms with Gasteiger partial charge >= 0.3 is 0 Å². The van der Waals surface area contributed by atoms with Crippen LogP contribution in [0.3, 0.4) is 0 Å². The molecule has 1 heterocycles. The lowest BCUT2D eigenvalue weighted by Gasteiger charge is -2.23. The average Bonchev–Trinajstić information content (AvgIpc) is 2.46. The zero-order chi connectivity index (χ0) is 14.2. The van der Waals surface area contributed by atoms with E-state index in [1.165, 1.54) is 6.07 Å². The molecule has 1 saturated heterocycles. The predicted octanol–water partition coefficient (Wildman–Crippen LogP) is 2.27. The number of hydrogen-bond donors (Lipinski definition) is 2. The summed E-state index contributed by atoms with van der Waals surface area (Å²) in [6.45, 7) is 2.27. The molecule has 0 atom stereocenters. The molecule has 0 spiro atoms. The van der Waals surface area contributed by atoms with Crippen LogP contribution < -0.4 is 15.4 Å². The summed E-state index contributed by atoms with van der Waals surface area (Å²) in [5.41, 5.74) is 0. The first-order valence-electron chi connectivity index (χ1n) is 7.13. The van der Waals surface area contributed by atoms with Crippen molar-refractivity contribution in [3.8, 4) is 5.75 Å². The Bertz CT molecular complexity index is 439. The molecule has 2 N–H and O–H groups in total. The van der Waals surface area contributed by atoms with E-state index in [-0.39, 0.29) is 35.9 Å². The van der Waals surface area contributed by atoms with Crippen molar-refractivity contribution >= 4 is 18.3 Å². The maximum atomic E-state index is 13.3. The van der Waals surface area contributed by atoms with Crippen molar-refractivity contribution in [1.29, 1.82) is 0 Å². The van der Waals surface area contributed by atoms with E-state index < -0.39 is 0 Å². The summed E-state index contributed by atoms with van der Waals surface area (Å²) in [4.78, 5) is 11.7. The Balaban J connectivity index is 0.00000220. The molecule has 118 valence electrons. The van der Waals surface area contributed by atoms with Gasteiger partial charge in [-0.05, 0) is 44.5 Å². The molecule has 1 aromatic rings. The summed E-state index contributed by atoms with van der Waals surface area (Å²) in [5.74, 6) is -0.0769. The third kappa shape index (κ3) is 6.31. The summed E-state index contributed by atoms with van der Waals surface area (Å²) in [6, 6.07) is 6.58. The number of carbonyl (C=O) groups is 1. The maximum Gasteiger partial charge on any atom is 0.220 e. The van der Waals surface area contributed by atoms with Crippen LogP contribution >= 0.6 is 12.4 Å². The van der Waals surface area contributed by atoms with Crippen LogP contribution in [0, 0.1) is 5.82 Å². The van der Waals surface area contributed by atoms with E-state index >= 15 is 0 Å². The quantitative estimate of drug-likeness (QED) is 0.792. The summed E-state index contributed by atoms with van der Waals surface area (Å²) in [7, 11) is 0. The van der Waals surface area contributed by atoms with Crippen LogP contribution in [0.1, 0.15) is 25.7 Å². The van der Waals surface area contributed by atoms with Crippen molar-refractivity contribution < 1.29 is 13.9 Å². The number of halogens is 2. The first-order chi connectivity index (χ1) is 9.75. The SMILES string of the molecule is Cl.O=C(CCCOc1ccccc1F)NC1CCNCC1. The zero-order valence-corrected chi connectivity index (χ0v) is 12.8. The predicted molar refractivity (Wildman–Crippen MR) is 82.4 cm³/mol. The molecule has 0 saturated carbocycles. The molecule has 4 nitrogen and oxygen atoms in total. The molecule has 1 aromatic carbocycles. The zero-order valence-electron chi connectivity index (χ0n) is 11.9. The smallest absolute Gasteiger partial charge is 0.220 e. The third-order valence-electron chi connectivity index (χ3n) is 3.35. The van der Waals surface area contributed by atoms with Gasteiger partial charge in [-0.25, -0.2) is 4.39 Å². The fourth-order valence-electron chi connectivity index (χ4n) is 2.24. The molecular weight excluding hydrogens is 295 g/mol. The van der Waals surface area contributed by atoms with Crippen LogP contribution in [-0.4, -0.2) is 31.6 Å². The number of rotatable bonds is 6. The monoisotopic (exact) mass is 316 g/mol. The molecule has 0 radical (unpaired) electrons. The Morgan fingerprint density at radius 3 is 2.76 bits per heavy atom. The minimum Gasteiger partial charge on any atom is -0.491 e. The highest BCUT2D eigenvalue weighted by Crippen LogP contribution is 2.15. The normalized spacial score (nSPS) is 15.1. The van der Waals surface area contributed by atoms with Gasteiger partial charge in [-0.15, -0.1) is 12.4 Å². The number of para-hydroxylation sites is 1. The molecule has 1 fully saturated rings. The molecule has 6 heteroatoms. The largest absolute Gasteiger partial charge is 0.491 e. The second kappa shape index (κ2) is 9.58. The Morgan fingerprint density at radius 1 is 1.33 bits per heavy atom. The highest BCUT2D eigenvalue weighted by molar-refractivity contribution is 5.85. The molecule has 0 aromatic heterocycles. The molecule has 0 aliphatic carbocycles. The number of ether oxygens (including phenoxy) is 1. The molecule has 1 amide bonds. The highest BCUT2D eigenvalue weighted by atomic mass is 35.5. The molecular formula is C15H22ClFN2O2. The minimum absolute atomic E-state index is 0. The topological polar surface area (TPSA) is 50.4 Å².